The second-order valence-corrected chi connectivity index (χ2v) is 8.37. The molecule has 2 aromatic carbocycles. The Hall–Kier alpha value is -3.77. The highest BCUT2D eigenvalue weighted by Crippen LogP contribution is 2.33. The number of nitrogens with one attached hydrogen (secondary N) is 1. The average molecular weight is 466 g/mol. The zero-order valence-electron chi connectivity index (χ0n) is 19.2. The SMILES string of the molecule is [C-]#[N+]c1ccc(-c2nc(N(C)CC3CCNC3)n(C)c(=O)c2-c2ccc(OC)c(F)c2)cc1F. The number of benzene rings is 2. The van der Waals surface area contributed by atoms with Crippen molar-refractivity contribution in [2.24, 2.45) is 13.0 Å². The van der Waals surface area contributed by atoms with Crippen LogP contribution in [0.25, 0.3) is 27.2 Å². The third-order valence-corrected chi connectivity index (χ3v) is 6.09. The molecule has 1 fully saturated rings. The summed E-state index contributed by atoms with van der Waals surface area (Å²) in [5.74, 6) is -0.467. The maximum absolute atomic E-state index is 14.5. The molecule has 1 aliphatic heterocycles. The Labute approximate surface area is 196 Å². The smallest absolute Gasteiger partial charge is 0.263 e. The molecule has 0 spiro atoms. The topological polar surface area (TPSA) is 63.8 Å². The predicted molar refractivity (Wildman–Crippen MR) is 127 cm³/mol. The van der Waals surface area contributed by atoms with E-state index in [4.69, 9.17) is 16.3 Å². The summed E-state index contributed by atoms with van der Waals surface area (Å²) in [7, 11) is 4.83. The van der Waals surface area contributed by atoms with Crippen molar-refractivity contribution in [2.45, 2.75) is 6.42 Å². The molecule has 1 atom stereocenters. The summed E-state index contributed by atoms with van der Waals surface area (Å²) in [6, 6.07) is 8.29. The van der Waals surface area contributed by atoms with E-state index in [1.54, 1.807) is 19.2 Å². The van der Waals surface area contributed by atoms with E-state index in [1.165, 1.54) is 35.9 Å². The number of halogens is 2. The molecule has 2 heterocycles. The minimum absolute atomic E-state index is 0.0454. The van der Waals surface area contributed by atoms with Gasteiger partial charge in [0.05, 0.1) is 24.9 Å². The second kappa shape index (κ2) is 9.61. The Morgan fingerprint density at radius 2 is 1.97 bits per heavy atom. The molecule has 0 aliphatic carbocycles. The van der Waals surface area contributed by atoms with Gasteiger partial charge in [-0.15, -0.1) is 0 Å². The summed E-state index contributed by atoms with van der Waals surface area (Å²) in [5, 5.41) is 3.33. The second-order valence-electron chi connectivity index (χ2n) is 8.37. The summed E-state index contributed by atoms with van der Waals surface area (Å²) in [6.45, 7) is 9.63. The van der Waals surface area contributed by atoms with Crippen molar-refractivity contribution in [3.05, 3.63) is 69.8 Å². The van der Waals surface area contributed by atoms with Gasteiger partial charge < -0.3 is 15.0 Å². The summed E-state index contributed by atoms with van der Waals surface area (Å²) >= 11 is 0. The zero-order valence-corrected chi connectivity index (χ0v) is 19.2. The van der Waals surface area contributed by atoms with E-state index in [1.807, 2.05) is 11.9 Å². The lowest BCUT2D eigenvalue weighted by atomic mass is 9.99. The third-order valence-electron chi connectivity index (χ3n) is 6.09. The van der Waals surface area contributed by atoms with Crippen LogP contribution in [0.2, 0.25) is 0 Å². The van der Waals surface area contributed by atoms with Crippen LogP contribution in [-0.2, 0) is 7.05 Å². The predicted octanol–water partition coefficient (Wildman–Crippen LogP) is 4.00. The number of ether oxygens (including phenoxy) is 1. The molecule has 1 saturated heterocycles. The molecular weight excluding hydrogens is 440 g/mol. The first-order chi connectivity index (χ1) is 16.3. The molecule has 9 heteroatoms. The molecule has 0 saturated carbocycles. The van der Waals surface area contributed by atoms with Crippen molar-refractivity contribution in [3.63, 3.8) is 0 Å². The minimum Gasteiger partial charge on any atom is -0.494 e. The normalized spacial score (nSPS) is 15.2. The van der Waals surface area contributed by atoms with Gasteiger partial charge in [0, 0.05) is 26.2 Å². The highest BCUT2D eigenvalue weighted by molar-refractivity contribution is 5.82. The molecule has 34 heavy (non-hydrogen) atoms. The van der Waals surface area contributed by atoms with Crippen LogP contribution < -0.4 is 20.5 Å². The monoisotopic (exact) mass is 465 g/mol. The van der Waals surface area contributed by atoms with Gasteiger partial charge in [0.25, 0.3) is 5.56 Å². The van der Waals surface area contributed by atoms with E-state index in [2.05, 4.69) is 10.2 Å². The highest BCUT2D eigenvalue weighted by atomic mass is 19.1. The first-order valence-electron chi connectivity index (χ1n) is 10.9. The number of methoxy groups -OCH3 is 1. The molecule has 7 nitrogen and oxygen atoms in total. The summed E-state index contributed by atoms with van der Waals surface area (Å²) < 4.78 is 35.5. The van der Waals surface area contributed by atoms with Crippen molar-refractivity contribution in [1.82, 2.24) is 14.9 Å². The van der Waals surface area contributed by atoms with E-state index in [0.29, 0.717) is 29.5 Å². The van der Waals surface area contributed by atoms with Crippen molar-refractivity contribution in [2.75, 3.05) is 38.7 Å². The molecule has 1 unspecified atom stereocenters. The molecule has 0 radical (unpaired) electrons. The first-order valence-corrected chi connectivity index (χ1v) is 10.9. The first kappa shape index (κ1) is 23.4. The van der Waals surface area contributed by atoms with Gasteiger partial charge in [-0.3, -0.25) is 9.36 Å². The Bertz CT molecular complexity index is 1330. The standard InChI is InChI=1S/C25H25F2N5O2/c1-28-20-7-5-17(12-18(20)26)23-22(16-6-8-21(34-4)19(27)11-16)24(33)32(3)25(30-23)31(2)14-15-9-10-29-13-15/h5-8,11-12,15,29H,9-10,13-14H2,2-4H3. The fourth-order valence-corrected chi connectivity index (χ4v) is 4.31. The van der Waals surface area contributed by atoms with Gasteiger partial charge in [-0.25, -0.2) is 18.6 Å². The maximum Gasteiger partial charge on any atom is 0.263 e. The van der Waals surface area contributed by atoms with E-state index in [9.17, 15) is 13.6 Å². The van der Waals surface area contributed by atoms with E-state index in [-0.39, 0.29) is 22.7 Å². The molecular formula is C25H25F2N5O2. The van der Waals surface area contributed by atoms with Crippen molar-refractivity contribution in [3.8, 4) is 28.1 Å². The van der Waals surface area contributed by atoms with E-state index >= 15 is 0 Å². The number of aromatic nitrogens is 2. The van der Waals surface area contributed by atoms with Crippen LogP contribution in [0, 0.1) is 24.1 Å². The zero-order chi connectivity index (χ0) is 24.4. The third kappa shape index (κ3) is 4.37. The maximum atomic E-state index is 14.5. The van der Waals surface area contributed by atoms with Gasteiger partial charge in [0.2, 0.25) is 11.6 Å². The van der Waals surface area contributed by atoms with Gasteiger partial charge in [-0.2, -0.15) is 0 Å². The van der Waals surface area contributed by atoms with Crippen LogP contribution in [0.3, 0.4) is 0 Å². The molecule has 1 N–H and O–H groups in total. The molecule has 0 amide bonds. The Kier molecular flexibility index (Phi) is 6.61. The van der Waals surface area contributed by atoms with Gasteiger partial charge in [-0.05, 0) is 49.2 Å². The molecule has 1 aliphatic rings. The van der Waals surface area contributed by atoms with Crippen LogP contribution in [-0.4, -0.2) is 43.3 Å². The molecule has 4 rings (SSSR count). The summed E-state index contributed by atoms with van der Waals surface area (Å²) in [5.41, 5.74) is 0.454. The molecule has 0 bridgehead atoms. The lowest BCUT2D eigenvalue weighted by molar-refractivity contribution is 0.386. The van der Waals surface area contributed by atoms with E-state index in [0.717, 1.165) is 19.5 Å². The van der Waals surface area contributed by atoms with Crippen LogP contribution in [0.4, 0.5) is 20.4 Å². The number of hydrogen-bond acceptors (Lipinski definition) is 5. The van der Waals surface area contributed by atoms with Crippen LogP contribution in [0.1, 0.15) is 6.42 Å². The fraction of sp³-hybridized carbons (Fsp3) is 0.320. The molecule has 3 aromatic rings. The highest BCUT2D eigenvalue weighted by Gasteiger charge is 2.24. The quantitative estimate of drug-likeness (QED) is 0.558. The van der Waals surface area contributed by atoms with Gasteiger partial charge in [0.15, 0.2) is 11.6 Å². The molecule has 1 aromatic heterocycles. The lowest BCUT2D eigenvalue weighted by Crippen LogP contribution is -2.34. The number of nitrogens with zero attached hydrogens (tertiary/aromatic N) is 4. The van der Waals surface area contributed by atoms with Gasteiger partial charge in [-0.1, -0.05) is 18.2 Å². The van der Waals surface area contributed by atoms with Crippen molar-refractivity contribution < 1.29 is 13.5 Å². The van der Waals surface area contributed by atoms with Crippen LogP contribution >= 0.6 is 0 Å². The van der Waals surface area contributed by atoms with Gasteiger partial charge in [0.1, 0.15) is 5.82 Å². The fourth-order valence-electron chi connectivity index (χ4n) is 4.31. The van der Waals surface area contributed by atoms with Crippen LogP contribution in [0.5, 0.6) is 5.75 Å². The van der Waals surface area contributed by atoms with Crippen molar-refractivity contribution in [1.29, 1.82) is 0 Å². The number of anilines is 1. The number of hydrogen-bond donors (Lipinski definition) is 1. The Balaban J connectivity index is 1.92. The minimum atomic E-state index is -0.714. The largest absolute Gasteiger partial charge is 0.494 e. The van der Waals surface area contributed by atoms with Gasteiger partial charge >= 0.3 is 0 Å². The summed E-state index contributed by atoms with van der Waals surface area (Å²) in [6.07, 6.45) is 1.03. The average Bonchev–Trinajstić information content (AvgIpc) is 3.33. The molecule has 176 valence electrons. The Morgan fingerprint density at radius 1 is 1.24 bits per heavy atom. The van der Waals surface area contributed by atoms with Crippen molar-refractivity contribution >= 4 is 11.6 Å². The lowest BCUT2D eigenvalue weighted by Gasteiger charge is -2.25. The number of rotatable bonds is 6. The summed E-state index contributed by atoms with van der Waals surface area (Å²) in [4.78, 5) is 23.4. The Morgan fingerprint density at radius 3 is 2.59 bits per heavy atom. The van der Waals surface area contributed by atoms with E-state index < -0.39 is 17.2 Å². The van der Waals surface area contributed by atoms with Crippen LogP contribution in [0.15, 0.2) is 41.2 Å².